The highest BCUT2D eigenvalue weighted by atomic mass is 16.5. The highest BCUT2D eigenvalue weighted by Gasteiger charge is 2.09. The average molecular weight is 256 g/mol. The molecule has 2 aromatic rings. The van der Waals surface area contributed by atoms with E-state index < -0.39 is 5.97 Å². The van der Waals surface area contributed by atoms with Crippen LogP contribution in [-0.4, -0.2) is 13.1 Å². The molecule has 0 aliphatic heterocycles. The third kappa shape index (κ3) is 3.25. The lowest BCUT2D eigenvalue weighted by atomic mass is 10.1. The number of rotatable bonds is 4. The molecule has 4 heteroatoms. The van der Waals surface area contributed by atoms with Crippen LogP contribution in [0.25, 0.3) is 0 Å². The molecule has 0 aliphatic carbocycles. The number of anilines is 2. The first-order valence-corrected chi connectivity index (χ1v) is 5.96. The Labute approximate surface area is 112 Å². The summed E-state index contributed by atoms with van der Waals surface area (Å²) in [4.78, 5) is 11.4. The Bertz CT molecular complexity index is 568. The van der Waals surface area contributed by atoms with Crippen LogP contribution in [0.4, 0.5) is 11.4 Å². The van der Waals surface area contributed by atoms with Gasteiger partial charge in [0.15, 0.2) is 0 Å². The zero-order chi connectivity index (χ0) is 13.7. The van der Waals surface area contributed by atoms with Crippen molar-refractivity contribution in [2.75, 3.05) is 18.2 Å². The minimum Gasteiger partial charge on any atom is -0.465 e. The summed E-state index contributed by atoms with van der Waals surface area (Å²) in [5, 5.41) is 3.25. The van der Waals surface area contributed by atoms with E-state index >= 15 is 0 Å². The van der Waals surface area contributed by atoms with E-state index in [1.807, 2.05) is 36.4 Å². The Balaban J connectivity index is 2.06. The molecule has 4 nitrogen and oxygen atoms in total. The van der Waals surface area contributed by atoms with Gasteiger partial charge in [-0.25, -0.2) is 4.79 Å². The molecule has 0 atom stereocenters. The van der Waals surface area contributed by atoms with Gasteiger partial charge in [-0.15, -0.1) is 0 Å². The fourth-order valence-corrected chi connectivity index (χ4v) is 1.77. The monoisotopic (exact) mass is 256 g/mol. The number of nitrogens with two attached hydrogens (primary N) is 1. The van der Waals surface area contributed by atoms with Gasteiger partial charge in [-0.1, -0.05) is 30.3 Å². The van der Waals surface area contributed by atoms with Crippen molar-refractivity contribution in [1.29, 1.82) is 0 Å². The summed E-state index contributed by atoms with van der Waals surface area (Å²) in [6.07, 6.45) is 0. The fourth-order valence-electron chi connectivity index (χ4n) is 1.77. The summed E-state index contributed by atoms with van der Waals surface area (Å²) < 4.78 is 4.65. The van der Waals surface area contributed by atoms with Gasteiger partial charge in [0.05, 0.1) is 12.7 Å². The maximum atomic E-state index is 11.4. The second kappa shape index (κ2) is 5.91. The van der Waals surface area contributed by atoms with Crippen LogP contribution in [0.15, 0.2) is 48.5 Å². The van der Waals surface area contributed by atoms with Crippen LogP contribution in [0.2, 0.25) is 0 Å². The summed E-state index contributed by atoms with van der Waals surface area (Å²) in [6.45, 7) is 0.706. The molecule has 0 radical (unpaired) electrons. The van der Waals surface area contributed by atoms with Crippen molar-refractivity contribution in [2.24, 2.45) is 0 Å². The Kier molecular flexibility index (Phi) is 4.03. The van der Waals surface area contributed by atoms with E-state index in [0.29, 0.717) is 17.8 Å². The van der Waals surface area contributed by atoms with Crippen LogP contribution >= 0.6 is 0 Å². The first-order chi connectivity index (χ1) is 9.20. The van der Waals surface area contributed by atoms with Crippen molar-refractivity contribution >= 4 is 17.3 Å². The summed E-state index contributed by atoms with van der Waals surface area (Å²) in [5.41, 5.74) is 8.66. The van der Waals surface area contributed by atoms with Crippen molar-refractivity contribution in [3.8, 4) is 0 Å². The number of methoxy groups -OCH3 is 1. The average Bonchev–Trinajstić information content (AvgIpc) is 2.45. The molecule has 3 N–H and O–H groups in total. The van der Waals surface area contributed by atoms with Crippen LogP contribution < -0.4 is 11.1 Å². The van der Waals surface area contributed by atoms with Gasteiger partial charge in [-0.05, 0) is 23.8 Å². The van der Waals surface area contributed by atoms with Gasteiger partial charge < -0.3 is 15.8 Å². The summed E-state index contributed by atoms with van der Waals surface area (Å²) in [6, 6.07) is 15.2. The van der Waals surface area contributed by atoms with Gasteiger partial charge in [0.2, 0.25) is 0 Å². The van der Waals surface area contributed by atoms with E-state index in [1.54, 1.807) is 12.1 Å². The molecule has 98 valence electrons. The third-order valence-corrected chi connectivity index (χ3v) is 2.80. The highest BCUT2D eigenvalue weighted by Crippen LogP contribution is 2.19. The maximum Gasteiger partial charge on any atom is 0.339 e. The Morgan fingerprint density at radius 3 is 2.58 bits per heavy atom. The molecule has 19 heavy (non-hydrogen) atoms. The van der Waals surface area contributed by atoms with Crippen molar-refractivity contribution in [2.45, 2.75) is 6.54 Å². The number of nitrogens with one attached hydrogen (secondary N) is 1. The predicted molar refractivity (Wildman–Crippen MR) is 76.0 cm³/mol. The second-order valence-corrected chi connectivity index (χ2v) is 4.13. The number of hydrogen-bond donors (Lipinski definition) is 2. The number of esters is 1. The minimum atomic E-state index is -0.424. The second-order valence-electron chi connectivity index (χ2n) is 4.13. The first-order valence-electron chi connectivity index (χ1n) is 5.96. The topological polar surface area (TPSA) is 64.3 Å². The summed E-state index contributed by atoms with van der Waals surface area (Å²) in [7, 11) is 1.34. The third-order valence-electron chi connectivity index (χ3n) is 2.80. The lowest BCUT2D eigenvalue weighted by Crippen LogP contribution is -2.06. The maximum absolute atomic E-state index is 11.4. The Hall–Kier alpha value is -2.49. The molecule has 0 spiro atoms. The largest absolute Gasteiger partial charge is 0.465 e. The van der Waals surface area contributed by atoms with Crippen LogP contribution in [0.3, 0.4) is 0 Å². The molecular formula is C15H16N2O2. The highest BCUT2D eigenvalue weighted by molar-refractivity contribution is 5.95. The van der Waals surface area contributed by atoms with E-state index in [1.165, 1.54) is 12.7 Å². The molecule has 0 aromatic heterocycles. The van der Waals surface area contributed by atoms with E-state index in [-0.39, 0.29) is 0 Å². The number of nitrogen functional groups attached to an aromatic ring is 1. The smallest absolute Gasteiger partial charge is 0.339 e. The van der Waals surface area contributed by atoms with Gasteiger partial charge in [0.25, 0.3) is 0 Å². The van der Waals surface area contributed by atoms with Crippen molar-refractivity contribution in [3.63, 3.8) is 0 Å². The SMILES string of the molecule is COC(=O)c1ccc(NCc2ccccc2)cc1N. The van der Waals surface area contributed by atoms with E-state index in [9.17, 15) is 4.79 Å². The quantitative estimate of drug-likeness (QED) is 0.652. The van der Waals surface area contributed by atoms with Gasteiger partial charge >= 0.3 is 5.97 Å². The van der Waals surface area contributed by atoms with Gasteiger partial charge in [-0.3, -0.25) is 0 Å². The standard InChI is InChI=1S/C15H16N2O2/c1-19-15(18)13-8-7-12(9-14(13)16)17-10-11-5-3-2-4-6-11/h2-9,17H,10,16H2,1H3. The molecule has 0 saturated heterocycles. The van der Waals surface area contributed by atoms with E-state index in [4.69, 9.17) is 5.73 Å². The van der Waals surface area contributed by atoms with E-state index in [0.717, 1.165) is 5.69 Å². The number of carbonyl (C=O) groups is 1. The number of ether oxygens (including phenoxy) is 1. The molecular weight excluding hydrogens is 240 g/mol. The summed E-state index contributed by atoms with van der Waals surface area (Å²) in [5.74, 6) is -0.424. The summed E-state index contributed by atoms with van der Waals surface area (Å²) >= 11 is 0. The molecule has 2 aromatic carbocycles. The van der Waals surface area contributed by atoms with Gasteiger partial charge in [0.1, 0.15) is 0 Å². The van der Waals surface area contributed by atoms with E-state index in [2.05, 4.69) is 10.1 Å². The number of benzene rings is 2. The Morgan fingerprint density at radius 1 is 1.21 bits per heavy atom. The van der Waals surface area contributed by atoms with Crippen molar-refractivity contribution < 1.29 is 9.53 Å². The lowest BCUT2D eigenvalue weighted by Gasteiger charge is -2.09. The molecule has 0 aliphatic rings. The Morgan fingerprint density at radius 2 is 1.95 bits per heavy atom. The van der Waals surface area contributed by atoms with Crippen LogP contribution in [0.5, 0.6) is 0 Å². The van der Waals surface area contributed by atoms with Crippen LogP contribution in [0.1, 0.15) is 15.9 Å². The zero-order valence-corrected chi connectivity index (χ0v) is 10.7. The number of carbonyl (C=O) groups excluding carboxylic acids is 1. The fraction of sp³-hybridized carbons (Fsp3) is 0.133. The molecule has 0 bridgehead atoms. The molecule has 0 saturated carbocycles. The van der Waals surface area contributed by atoms with Crippen LogP contribution in [0, 0.1) is 0 Å². The zero-order valence-electron chi connectivity index (χ0n) is 10.7. The first kappa shape index (κ1) is 13.0. The number of hydrogen-bond acceptors (Lipinski definition) is 4. The molecule has 0 fully saturated rings. The molecule has 0 heterocycles. The molecule has 2 rings (SSSR count). The van der Waals surface area contributed by atoms with Crippen molar-refractivity contribution in [1.82, 2.24) is 0 Å². The lowest BCUT2D eigenvalue weighted by molar-refractivity contribution is 0.0602. The van der Waals surface area contributed by atoms with Gasteiger partial charge in [-0.2, -0.15) is 0 Å². The normalized spacial score (nSPS) is 9.95. The van der Waals surface area contributed by atoms with Gasteiger partial charge in [0, 0.05) is 17.9 Å². The van der Waals surface area contributed by atoms with Crippen molar-refractivity contribution in [3.05, 3.63) is 59.7 Å². The predicted octanol–water partition coefficient (Wildman–Crippen LogP) is 2.67. The molecule has 0 amide bonds. The minimum absolute atomic E-state index is 0.382. The van der Waals surface area contributed by atoms with Crippen LogP contribution in [-0.2, 0) is 11.3 Å². The molecule has 0 unspecified atom stereocenters.